The number of hydrogen-bond donors (Lipinski definition) is 1. The number of carbonyl (C=O) groups is 2. The zero-order chi connectivity index (χ0) is 26.2. The van der Waals surface area contributed by atoms with Gasteiger partial charge in [0.15, 0.2) is 6.61 Å². The Balaban J connectivity index is 2.25. The molecule has 0 aromatic heterocycles. The summed E-state index contributed by atoms with van der Waals surface area (Å²) in [5, 5.41) is 3.02. The summed E-state index contributed by atoms with van der Waals surface area (Å²) >= 11 is 3.57. The number of rotatable bonds is 11. The lowest BCUT2D eigenvalue weighted by atomic mass is 9.87. The summed E-state index contributed by atoms with van der Waals surface area (Å²) in [6, 6.07) is 12.8. The summed E-state index contributed by atoms with van der Waals surface area (Å²) in [6.07, 6.45) is 1.31. The largest absolute Gasteiger partial charge is 0.497 e. The number of nitrogens with one attached hydrogen (secondary N) is 1. The van der Waals surface area contributed by atoms with E-state index < -0.39 is 6.04 Å². The molecule has 7 heteroatoms. The predicted molar refractivity (Wildman–Crippen MR) is 144 cm³/mol. The van der Waals surface area contributed by atoms with Gasteiger partial charge in [-0.05, 0) is 76.5 Å². The van der Waals surface area contributed by atoms with Gasteiger partial charge in [0.1, 0.15) is 17.5 Å². The molecule has 2 aromatic carbocycles. The van der Waals surface area contributed by atoms with Gasteiger partial charge in [0.25, 0.3) is 5.91 Å². The Morgan fingerprint density at radius 2 is 1.71 bits per heavy atom. The van der Waals surface area contributed by atoms with Crippen molar-refractivity contribution < 1.29 is 19.1 Å². The van der Waals surface area contributed by atoms with Gasteiger partial charge < -0.3 is 19.7 Å². The molecule has 2 aromatic rings. The van der Waals surface area contributed by atoms with E-state index in [1.807, 2.05) is 63.2 Å². The molecule has 2 rings (SSSR count). The van der Waals surface area contributed by atoms with Gasteiger partial charge in [-0.15, -0.1) is 0 Å². The summed E-state index contributed by atoms with van der Waals surface area (Å²) in [4.78, 5) is 28.1. The Labute approximate surface area is 218 Å². The van der Waals surface area contributed by atoms with E-state index in [2.05, 4.69) is 42.0 Å². The van der Waals surface area contributed by atoms with Crippen LogP contribution in [0.3, 0.4) is 0 Å². The van der Waals surface area contributed by atoms with E-state index in [9.17, 15) is 9.59 Å². The van der Waals surface area contributed by atoms with Crippen LogP contribution in [0.5, 0.6) is 11.5 Å². The van der Waals surface area contributed by atoms with Gasteiger partial charge in [0.2, 0.25) is 5.91 Å². The third-order valence-electron chi connectivity index (χ3n) is 6.05. The van der Waals surface area contributed by atoms with Crippen LogP contribution in [-0.2, 0) is 21.5 Å². The quantitative estimate of drug-likeness (QED) is 0.383. The minimum atomic E-state index is -0.603. The minimum absolute atomic E-state index is 0.00334. The van der Waals surface area contributed by atoms with Crippen LogP contribution in [0.25, 0.3) is 0 Å². The molecule has 0 unspecified atom stereocenters. The number of benzene rings is 2. The van der Waals surface area contributed by atoms with Gasteiger partial charge in [-0.2, -0.15) is 0 Å². The first-order chi connectivity index (χ1) is 16.5. The number of methoxy groups -OCH3 is 1. The molecular formula is C28H39BrN2O4. The van der Waals surface area contributed by atoms with E-state index in [-0.39, 0.29) is 29.9 Å². The number of ether oxygens (including phenoxy) is 2. The summed E-state index contributed by atoms with van der Waals surface area (Å²) in [5.41, 5.74) is 2.07. The average Bonchev–Trinajstić information content (AvgIpc) is 2.82. The first kappa shape index (κ1) is 28.7. The predicted octanol–water partition coefficient (Wildman–Crippen LogP) is 5.86. The molecule has 2 amide bonds. The molecule has 0 bridgehead atoms. The lowest BCUT2D eigenvalue weighted by Crippen LogP contribution is -2.51. The lowest BCUT2D eigenvalue weighted by Gasteiger charge is -2.31. The van der Waals surface area contributed by atoms with Crippen molar-refractivity contribution in [1.82, 2.24) is 10.2 Å². The SMILES string of the molecule is CC[C@@H](C)NC(=O)[C@H](CC)N(Cc1ccc(OC)cc1)C(=O)COc1ccc(C(C)(C)C)cc1Br. The molecule has 35 heavy (non-hydrogen) atoms. The van der Waals surface area contributed by atoms with Crippen LogP contribution in [0.15, 0.2) is 46.9 Å². The van der Waals surface area contributed by atoms with Gasteiger partial charge in [-0.3, -0.25) is 9.59 Å². The zero-order valence-corrected chi connectivity index (χ0v) is 23.6. The van der Waals surface area contributed by atoms with E-state index in [1.165, 1.54) is 0 Å². The fourth-order valence-electron chi connectivity index (χ4n) is 3.60. The molecular weight excluding hydrogens is 508 g/mol. The van der Waals surface area contributed by atoms with Gasteiger partial charge in [0, 0.05) is 12.6 Å². The highest BCUT2D eigenvalue weighted by molar-refractivity contribution is 9.10. The molecule has 0 aliphatic heterocycles. The maximum Gasteiger partial charge on any atom is 0.261 e. The van der Waals surface area contributed by atoms with E-state index in [4.69, 9.17) is 9.47 Å². The summed E-state index contributed by atoms with van der Waals surface area (Å²) in [5.74, 6) is 0.922. The molecule has 0 aliphatic carbocycles. The normalized spacial score (nSPS) is 13.0. The Kier molecular flexibility index (Phi) is 10.6. The van der Waals surface area contributed by atoms with Crippen molar-refractivity contribution in [3.05, 3.63) is 58.1 Å². The van der Waals surface area contributed by atoms with E-state index in [0.29, 0.717) is 18.7 Å². The number of amides is 2. The van der Waals surface area contributed by atoms with E-state index >= 15 is 0 Å². The van der Waals surface area contributed by atoms with Crippen LogP contribution in [0.1, 0.15) is 65.5 Å². The molecule has 0 saturated heterocycles. The number of hydrogen-bond acceptors (Lipinski definition) is 4. The van der Waals surface area contributed by atoms with Crippen molar-refractivity contribution >= 4 is 27.7 Å². The molecule has 0 heterocycles. The smallest absolute Gasteiger partial charge is 0.261 e. The molecule has 2 atom stereocenters. The Bertz CT molecular complexity index is 985. The molecule has 0 aliphatic rings. The molecule has 6 nitrogen and oxygen atoms in total. The highest BCUT2D eigenvalue weighted by atomic mass is 79.9. The second-order valence-electron chi connectivity index (χ2n) is 9.80. The molecule has 0 radical (unpaired) electrons. The van der Waals surface area contributed by atoms with Crippen molar-refractivity contribution in [2.24, 2.45) is 0 Å². The first-order valence-corrected chi connectivity index (χ1v) is 12.9. The van der Waals surface area contributed by atoms with Gasteiger partial charge in [-0.25, -0.2) is 0 Å². The fraction of sp³-hybridized carbons (Fsp3) is 0.500. The third kappa shape index (κ3) is 8.27. The van der Waals surface area contributed by atoms with Crippen molar-refractivity contribution in [2.45, 2.75) is 78.4 Å². The topological polar surface area (TPSA) is 67.9 Å². The zero-order valence-electron chi connectivity index (χ0n) is 22.0. The summed E-state index contributed by atoms with van der Waals surface area (Å²) in [6.45, 7) is 12.4. The van der Waals surface area contributed by atoms with Crippen LogP contribution in [-0.4, -0.2) is 42.5 Å². The minimum Gasteiger partial charge on any atom is -0.497 e. The molecule has 0 spiro atoms. The highest BCUT2D eigenvalue weighted by Gasteiger charge is 2.29. The Hall–Kier alpha value is -2.54. The number of carbonyl (C=O) groups excluding carboxylic acids is 2. The second kappa shape index (κ2) is 13.0. The van der Waals surface area contributed by atoms with Crippen LogP contribution in [0.2, 0.25) is 0 Å². The van der Waals surface area contributed by atoms with Crippen LogP contribution < -0.4 is 14.8 Å². The monoisotopic (exact) mass is 546 g/mol. The standard InChI is InChI=1S/C28H39BrN2O4/c1-8-19(3)30-27(33)24(9-2)31(17-20-10-13-22(34-7)14-11-20)26(32)18-35-25-15-12-21(16-23(25)29)28(4,5)6/h10-16,19,24H,8-9,17-18H2,1-7H3,(H,30,33)/t19-,24+/m1/s1. The van der Waals surface area contributed by atoms with Gasteiger partial charge in [0.05, 0.1) is 11.6 Å². The van der Waals surface area contributed by atoms with E-state index in [1.54, 1.807) is 12.0 Å². The molecule has 0 saturated carbocycles. The maximum atomic E-state index is 13.4. The van der Waals surface area contributed by atoms with Crippen LogP contribution in [0, 0.1) is 0 Å². The van der Waals surface area contributed by atoms with E-state index in [0.717, 1.165) is 27.8 Å². The highest BCUT2D eigenvalue weighted by Crippen LogP contribution is 2.31. The molecule has 0 fully saturated rings. The lowest BCUT2D eigenvalue weighted by molar-refractivity contribution is -0.143. The maximum absolute atomic E-state index is 13.4. The fourth-order valence-corrected chi connectivity index (χ4v) is 4.09. The van der Waals surface area contributed by atoms with Crippen molar-refractivity contribution in [3.8, 4) is 11.5 Å². The number of nitrogens with zero attached hydrogens (tertiary/aromatic N) is 1. The van der Waals surface area contributed by atoms with Gasteiger partial charge >= 0.3 is 0 Å². The second-order valence-corrected chi connectivity index (χ2v) is 10.6. The third-order valence-corrected chi connectivity index (χ3v) is 6.67. The number of halogens is 1. The van der Waals surface area contributed by atoms with Crippen molar-refractivity contribution in [1.29, 1.82) is 0 Å². The van der Waals surface area contributed by atoms with Crippen LogP contribution in [0.4, 0.5) is 0 Å². The van der Waals surface area contributed by atoms with Gasteiger partial charge in [-0.1, -0.05) is 52.8 Å². The molecule has 192 valence electrons. The Morgan fingerprint density at radius 3 is 2.23 bits per heavy atom. The van der Waals surface area contributed by atoms with Crippen molar-refractivity contribution in [2.75, 3.05) is 13.7 Å². The Morgan fingerprint density at radius 1 is 1.06 bits per heavy atom. The summed E-state index contributed by atoms with van der Waals surface area (Å²) < 4.78 is 11.9. The summed E-state index contributed by atoms with van der Waals surface area (Å²) in [7, 11) is 1.61. The van der Waals surface area contributed by atoms with Crippen LogP contribution >= 0.6 is 15.9 Å². The van der Waals surface area contributed by atoms with Crippen molar-refractivity contribution in [3.63, 3.8) is 0 Å². The first-order valence-electron chi connectivity index (χ1n) is 12.2. The molecule has 1 N–H and O–H groups in total. The average molecular weight is 548 g/mol.